The third-order valence-electron chi connectivity index (χ3n) is 1.61. The van der Waals surface area contributed by atoms with Crippen molar-refractivity contribution in [2.24, 2.45) is 0 Å². The van der Waals surface area contributed by atoms with Crippen LogP contribution < -0.4 is 5.32 Å². The number of thiophene rings is 1. The molecule has 1 amide bonds. The predicted octanol–water partition coefficient (Wildman–Crippen LogP) is 1.69. The fourth-order valence-electron chi connectivity index (χ4n) is 0.898. The van der Waals surface area contributed by atoms with Gasteiger partial charge in [0.1, 0.15) is 6.42 Å². The maximum absolute atomic E-state index is 11.2. The third kappa shape index (κ3) is 4.44. The van der Waals surface area contributed by atoms with Crippen LogP contribution in [0, 0.1) is 0 Å². The van der Waals surface area contributed by atoms with Gasteiger partial charge in [-0.2, -0.15) is 0 Å². The number of nitrogens with one attached hydrogen (secondary N) is 1. The SMILES string of the molecule is COC(=O)CC(=O)NCc1cc(Br)cs1. The Balaban J connectivity index is 2.31. The van der Waals surface area contributed by atoms with Gasteiger partial charge >= 0.3 is 5.97 Å². The number of halogens is 1. The van der Waals surface area contributed by atoms with E-state index in [0.717, 1.165) is 9.35 Å². The van der Waals surface area contributed by atoms with Crippen LogP contribution in [-0.4, -0.2) is 19.0 Å². The summed E-state index contributed by atoms with van der Waals surface area (Å²) in [5.41, 5.74) is 0. The Morgan fingerprint density at radius 3 is 2.87 bits per heavy atom. The minimum absolute atomic E-state index is 0.233. The van der Waals surface area contributed by atoms with Gasteiger partial charge in [-0.3, -0.25) is 9.59 Å². The summed E-state index contributed by atoms with van der Waals surface area (Å²) >= 11 is 4.85. The fraction of sp³-hybridized carbons (Fsp3) is 0.333. The van der Waals surface area contributed by atoms with Gasteiger partial charge in [0.25, 0.3) is 0 Å². The second-order valence-corrected chi connectivity index (χ2v) is 4.67. The lowest BCUT2D eigenvalue weighted by Crippen LogP contribution is -2.25. The van der Waals surface area contributed by atoms with Gasteiger partial charge < -0.3 is 10.1 Å². The van der Waals surface area contributed by atoms with Crippen molar-refractivity contribution in [3.05, 3.63) is 20.8 Å². The number of amides is 1. The van der Waals surface area contributed by atoms with Gasteiger partial charge in [-0.25, -0.2) is 0 Å². The first-order valence-electron chi connectivity index (χ1n) is 4.18. The molecule has 0 radical (unpaired) electrons. The van der Waals surface area contributed by atoms with E-state index >= 15 is 0 Å². The summed E-state index contributed by atoms with van der Waals surface area (Å²) in [6.45, 7) is 0.437. The topological polar surface area (TPSA) is 55.4 Å². The summed E-state index contributed by atoms with van der Waals surface area (Å²) in [5, 5.41) is 4.56. The second kappa shape index (κ2) is 5.87. The molecule has 4 nitrogen and oxygen atoms in total. The average molecular weight is 292 g/mol. The van der Waals surface area contributed by atoms with Crippen LogP contribution in [0.3, 0.4) is 0 Å². The van der Waals surface area contributed by atoms with Gasteiger partial charge in [0.05, 0.1) is 13.7 Å². The number of ether oxygens (including phenoxy) is 1. The van der Waals surface area contributed by atoms with Crippen LogP contribution in [0.5, 0.6) is 0 Å². The normalized spacial score (nSPS) is 9.73. The van der Waals surface area contributed by atoms with E-state index in [1.807, 2.05) is 11.4 Å². The summed E-state index contributed by atoms with van der Waals surface area (Å²) in [4.78, 5) is 23.0. The molecule has 0 saturated heterocycles. The standard InChI is InChI=1S/C9H10BrNO3S/c1-14-9(13)3-8(12)11-4-7-2-6(10)5-15-7/h2,5H,3-4H2,1H3,(H,11,12). The van der Waals surface area contributed by atoms with Crippen LogP contribution in [0.4, 0.5) is 0 Å². The molecule has 82 valence electrons. The maximum atomic E-state index is 11.2. The molecule has 0 aromatic carbocycles. The van der Waals surface area contributed by atoms with E-state index in [-0.39, 0.29) is 12.3 Å². The molecule has 0 aliphatic rings. The molecule has 1 aromatic heterocycles. The molecule has 6 heteroatoms. The quantitative estimate of drug-likeness (QED) is 0.678. The lowest BCUT2D eigenvalue weighted by Gasteiger charge is -2.01. The first kappa shape index (κ1) is 12.2. The van der Waals surface area contributed by atoms with Crippen LogP contribution in [-0.2, 0) is 20.9 Å². The molecule has 0 atom stereocenters. The molecular formula is C9H10BrNO3S. The van der Waals surface area contributed by atoms with Crippen molar-refractivity contribution in [1.29, 1.82) is 0 Å². The van der Waals surface area contributed by atoms with E-state index in [0.29, 0.717) is 6.54 Å². The van der Waals surface area contributed by atoms with Crippen molar-refractivity contribution in [3.63, 3.8) is 0 Å². The Hall–Kier alpha value is -0.880. The van der Waals surface area contributed by atoms with E-state index in [1.54, 1.807) is 0 Å². The molecule has 15 heavy (non-hydrogen) atoms. The minimum Gasteiger partial charge on any atom is -0.469 e. The van der Waals surface area contributed by atoms with Gasteiger partial charge in [0.2, 0.25) is 5.91 Å². The highest BCUT2D eigenvalue weighted by molar-refractivity contribution is 9.10. The lowest BCUT2D eigenvalue weighted by atomic mass is 10.4. The van der Waals surface area contributed by atoms with Crippen molar-refractivity contribution in [1.82, 2.24) is 5.32 Å². The van der Waals surface area contributed by atoms with Crippen LogP contribution in [0.15, 0.2) is 15.9 Å². The summed E-state index contributed by atoms with van der Waals surface area (Å²) in [5.74, 6) is -0.855. The van der Waals surface area contributed by atoms with Crippen molar-refractivity contribution < 1.29 is 14.3 Å². The number of methoxy groups -OCH3 is 1. The molecule has 0 spiro atoms. The fourth-order valence-corrected chi connectivity index (χ4v) is 2.29. The van der Waals surface area contributed by atoms with Crippen LogP contribution in [0.25, 0.3) is 0 Å². The molecule has 0 bridgehead atoms. The summed E-state index contributed by atoms with van der Waals surface area (Å²) < 4.78 is 5.36. The van der Waals surface area contributed by atoms with Gasteiger partial charge in [-0.1, -0.05) is 0 Å². The van der Waals surface area contributed by atoms with Gasteiger partial charge in [0.15, 0.2) is 0 Å². The molecule has 1 aromatic rings. The molecule has 1 rings (SSSR count). The van der Waals surface area contributed by atoms with Crippen LogP contribution in [0.1, 0.15) is 11.3 Å². The maximum Gasteiger partial charge on any atom is 0.315 e. The van der Waals surface area contributed by atoms with Crippen molar-refractivity contribution in [2.45, 2.75) is 13.0 Å². The van der Waals surface area contributed by atoms with E-state index in [2.05, 4.69) is 26.0 Å². The Morgan fingerprint density at radius 1 is 1.60 bits per heavy atom. The van der Waals surface area contributed by atoms with Crippen LogP contribution in [0.2, 0.25) is 0 Å². The van der Waals surface area contributed by atoms with E-state index < -0.39 is 5.97 Å². The first-order chi connectivity index (χ1) is 7.11. The molecule has 0 aliphatic heterocycles. The molecular weight excluding hydrogens is 282 g/mol. The summed E-state index contributed by atoms with van der Waals surface area (Å²) in [7, 11) is 1.26. The number of hydrogen-bond donors (Lipinski definition) is 1. The average Bonchev–Trinajstić information content (AvgIpc) is 2.61. The minimum atomic E-state index is -0.528. The summed E-state index contributed by atoms with van der Waals surface area (Å²) in [6, 6.07) is 1.92. The largest absolute Gasteiger partial charge is 0.469 e. The van der Waals surface area contributed by atoms with Gasteiger partial charge in [-0.15, -0.1) is 11.3 Å². The third-order valence-corrected chi connectivity index (χ3v) is 3.31. The van der Waals surface area contributed by atoms with E-state index in [9.17, 15) is 9.59 Å². The Morgan fingerprint density at radius 2 is 2.33 bits per heavy atom. The molecule has 0 saturated carbocycles. The zero-order valence-corrected chi connectivity index (χ0v) is 10.5. The number of carbonyl (C=O) groups excluding carboxylic acids is 2. The lowest BCUT2D eigenvalue weighted by molar-refractivity contribution is -0.143. The van der Waals surface area contributed by atoms with Crippen LogP contribution >= 0.6 is 27.3 Å². The highest BCUT2D eigenvalue weighted by Crippen LogP contribution is 2.19. The smallest absolute Gasteiger partial charge is 0.315 e. The Kier molecular flexibility index (Phi) is 4.77. The molecule has 0 fully saturated rings. The van der Waals surface area contributed by atoms with Gasteiger partial charge in [0, 0.05) is 14.7 Å². The Bertz CT molecular complexity index is 364. The van der Waals surface area contributed by atoms with Crippen molar-refractivity contribution in [2.75, 3.05) is 7.11 Å². The molecule has 0 aliphatic carbocycles. The van der Waals surface area contributed by atoms with Crippen molar-refractivity contribution >= 4 is 39.1 Å². The molecule has 1 heterocycles. The van der Waals surface area contributed by atoms with Crippen molar-refractivity contribution in [3.8, 4) is 0 Å². The molecule has 0 unspecified atom stereocenters. The number of carbonyl (C=O) groups is 2. The second-order valence-electron chi connectivity index (χ2n) is 2.76. The summed E-state index contributed by atoms with van der Waals surface area (Å²) in [6.07, 6.45) is -0.233. The highest BCUT2D eigenvalue weighted by Gasteiger charge is 2.08. The first-order valence-corrected chi connectivity index (χ1v) is 5.85. The zero-order chi connectivity index (χ0) is 11.3. The molecule has 1 N–H and O–H groups in total. The van der Waals surface area contributed by atoms with Gasteiger partial charge in [-0.05, 0) is 22.0 Å². The number of hydrogen-bond acceptors (Lipinski definition) is 4. The number of rotatable bonds is 4. The van der Waals surface area contributed by atoms with E-state index in [4.69, 9.17) is 0 Å². The monoisotopic (exact) mass is 291 g/mol. The predicted molar refractivity (Wildman–Crippen MR) is 60.5 cm³/mol. The van der Waals surface area contributed by atoms with E-state index in [1.165, 1.54) is 18.4 Å². The highest BCUT2D eigenvalue weighted by atomic mass is 79.9. The number of esters is 1. The Labute approximate surface area is 99.8 Å². The zero-order valence-electron chi connectivity index (χ0n) is 8.08.